The van der Waals surface area contributed by atoms with E-state index in [1.54, 1.807) is 12.1 Å². The number of carbonyl (C=O) groups is 1. The largest absolute Gasteiger partial charge is 0.493 e. The van der Waals surface area contributed by atoms with Crippen LogP contribution in [0.25, 0.3) is 0 Å². The molecule has 19 heavy (non-hydrogen) atoms. The molecule has 0 heterocycles. The lowest BCUT2D eigenvalue weighted by Crippen LogP contribution is -2.08. The van der Waals surface area contributed by atoms with E-state index in [0.29, 0.717) is 0 Å². The van der Waals surface area contributed by atoms with Gasteiger partial charge in [-0.05, 0) is 36.8 Å². The number of ketones is 1. The minimum Gasteiger partial charge on any atom is -0.493 e. The molecule has 2 aromatic rings. The molecule has 0 saturated heterocycles. The van der Waals surface area contributed by atoms with Crippen molar-refractivity contribution in [3.05, 3.63) is 65.5 Å². The first-order valence-electron chi connectivity index (χ1n) is 6.14. The third kappa shape index (κ3) is 3.65. The van der Waals surface area contributed by atoms with E-state index < -0.39 is 5.82 Å². The van der Waals surface area contributed by atoms with Gasteiger partial charge in [-0.1, -0.05) is 24.3 Å². The highest BCUT2D eigenvalue weighted by Gasteiger charge is 2.10. The van der Waals surface area contributed by atoms with Crippen LogP contribution >= 0.6 is 0 Å². The Morgan fingerprint density at radius 1 is 1.16 bits per heavy atom. The van der Waals surface area contributed by atoms with Crippen LogP contribution in [0.3, 0.4) is 0 Å². The molecule has 3 heteroatoms. The van der Waals surface area contributed by atoms with E-state index in [9.17, 15) is 9.18 Å². The SMILES string of the molecule is Cc1cccc(OCCC(=O)c2ccccc2F)c1. The molecular formula is C16H15FO2. The topological polar surface area (TPSA) is 26.3 Å². The predicted molar refractivity (Wildman–Crippen MR) is 72.0 cm³/mol. The van der Waals surface area contributed by atoms with Crippen molar-refractivity contribution in [1.29, 1.82) is 0 Å². The third-order valence-electron chi connectivity index (χ3n) is 2.76. The molecule has 0 aliphatic rings. The van der Waals surface area contributed by atoms with Gasteiger partial charge in [0.25, 0.3) is 0 Å². The lowest BCUT2D eigenvalue weighted by molar-refractivity contribution is 0.0958. The average Bonchev–Trinajstić information content (AvgIpc) is 2.39. The fourth-order valence-electron chi connectivity index (χ4n) is 1.79. The molecule has 0 aliphatic heterocycles. The van der Waals surface area contributed by atoms with E-state index >= 15 is 0 Å². The van der Waals surface area contributed by atoms with Gasteiger partial charge in [-0.2, -0.15) is 0 Å². The Bertz CT molecular complexity index is 578. The summed E-state index contributed by atoms with van der Waals surface area (Å²) in [6, 6.07) is 13.6. The predicted octanol–water partition coefficient (Wildman–Crippen LogP) is 3.79. The maximum absolute atomic E-state index is 13.4. The number of Topliss-reactive ketones (excluding diaryl/α,β-unsaturated/α-hetero) is 1. The first kappa shape index (κ1) is 13.3. The standard InChI is InChI=1S/C16H15FO2/c1-12-5-4-6-13(11-12)19-10-9-16(18)14-7-2-3-8-15(14)17/h2-8,11H,9-10H2,1H3. The maximum atomic E-state index is 13.4. The monoisotopic (exact) mass is 258 g/mol. The van der Waals surface area contributed by atoms with Gasteiger partial charge in [0.1, 0.15) is 11.6 Å². The number of halogens is 1. The number of carbonyl (C=O) groups excluding carboxylic acids is 1. The molecule has 0 bridgehead atoms. The van der Waals surface area contributed by atoms with Crippen LogP contribution in [0.2, 0.25) is 0 Å². The summed E-state index contributed by atoms with van der Waals surface area (Å²) in [5.41, 5.74) is 1.22. The summed E-state index contributed by atoms with van der Waals surface area (Å²) in [7, 11) is 0. The van der Waals surface area contributed by atoms with Crippen LogP contribution in [0.15, 0.2) is 48.5 Å². The highest BCUT2D eigenvalue weighted by molar-refractivity contribution is 5.96. The number of rotatable bonds is 5. The summed E-state index contributed by atoms with van der Waals surface area (Å²) in [5, 5.41) is 0. The number of hydrogen-bond acceptors (Lipinski definition) is 2. The minimum absolute atomic E-state index is 0.121. The summed E-state index contributed by atoms with van der Waals surface area (Å²) in [6.45, 7) is 2.22. The Hall–Kier alpha value is -2.16. The van der Waals surface area contributed by atoms with Crippen molar-refractivity contribution in [2.45, 2.75) is 13.3 Å². The molecule has 98 valence electrons. The Morgan fingerprint density at radius 2 is 1.95 bits per heavy atom. The molecule has 0 saturated carbocycles. The van der Waals surface area contributed by atoms with Crippen molar-refractivity contribution in [2.75, 3.05) is 6.61 Å². The molecule has 0 aliphatic carbocycles. The normalized spacial score (nSPS) is 10.2. The van der Waals surface area contributed by atoms with Gasteiger partial charge in [0.05, 0.1) is 12.2 Å². The van der Waals surface area contributed by atoms with E-state index in [0.717, 1.165) is 11.3 Å². The smallest absolute Gasteiger partial charge is 0.169 e. The number of ether oxygens (including phenoxy) is 1. The van der Waals surface area contributed by atoms with Crippen LogP contribution in [-0.4, -0.2) is 12.4 Å². The van der Waals surface area contributed by atoms with E-state index in [4.69, 9.17) is 4.74 Å². The Balaban J connectivity index is 1.90. The Labute approximate surface area is 111 Å². The highest BCUT2D eigenvalue weighted by Crippen LogP contribution is 2.14. The second kappa shape index (κ2) is 6.14. The van der Waals surface area contributed by atoms with E-state index in [-0.39, 0.29) is 24.4 Å². The van der Waals surface area contributed by atoms with Crippen molar-refractivity contribution < 1.29 is 13.9 Å². The van der Waals surface area contributed by atoms with Gasteiger partial charge in [0.15, 0.2) is 5.78 Å². The van der Waals surface area contributed by atoms with Crippen LogP contribution in [0.1, 0.15) is 22.3 Å². The van der Waals surface area contributed by atoms with Gasteiger partial charge in [0, 0.05) is 6.42 Å². The van der Waals surface area contributed by atoms with Crippen molar-refractivity contribution >= 4 is 5.78 Å². The van der Waals surface area contributed by atoms with Crippen LogP contribution in [0, 0.1) is 12.7 Å². The van der Waals surface area contributed by atoms with Crippen LogP contribution in [0.5, 0.6) is 5.75 Å². The molecular weight excluding hydrogens is 243 g/mol. The zero-order valence-electron chi connectivity index (χ0n) is 10.7. The first-order valence-corrected chi connectivity index (χ1v) is 6.14. The molecule has 0 N–H and O–H groups in total. The lowest BCUT2D eigenvalue weighted by Gasteiger charge is -2.06. The second-order valence-electron chi connectivity index (χ2n) is 4.32. The molecule has 0 aromatic heterocycles. The lowest BCUT2D eigenvalue weighted by atomic mass is 10.1. The number of aryl methyl sites for hydroxylation is 1. The molecule has 0 unspecified atom stereocenters. The molecule has 2 nitrogen and oxygen atoms in total. The van der Waals surface area contributed by atoms with Crippen molar-refractivity contribution in [3.63, 3.8) is 0 Å². The third-order valence-corrected chi connectivity index (χ3v) is 2.76. The number of benzene rings is 2. The highest BCUT2D eigenvalue weighted by atomic mass is 19.1. The van der Waals surface area contributed by atoms with Gasteiger partial charge in [-0.3, -0.25) is 4.79 Å². The first-order chi connectivity index (χ1) is 9.16. The summed E-state index contributed by atoms with van der Waals surface area (Å²) >= 11 is 0. The molecule has 2 rings (SSSR count). The molecule has 0 fully saturated rings. The van der Waals surface area contributed by atoms with Gasteiger partial charge in [0.2, 0.25) is 0 Å². The van der Waals surface area contributed by atoms with Gasteiger partial charge in [-0.15, -0.1) is 0 Å². The maximum Gasteiger partial charge on any atom is 0.169 e. The van der Waals surface area contributed by atoms with Crippen LogP contribution in [-0.2, 0) is 0 Å². The Morgan fingerprint density at radius 3 is 2.68 bits per heavy atom. The average molecular weight is 258 g/mol. The summed E-state index contributed by atoms with van der Waals surface area (Å²) in [6.07, 6.45) is 0.162. The van der Waals surface area contributed by atoms with Gasteiger partial charge >= 0.3 is 0 Å². The summed E-state index contributed by atoms with van der Waals surface area (Å²) in [4.78, 5) is 11.8. The fourth-order valence-corrected chi connectivity index (χ4v) is 1.79. The molecule has 0 spiro atoms. The molecule has 2 aromatic carbocycles. The molecule has 0 amide bonds. The van der Waals surface area contributed by atoms with Crippen LogP contribution < -0.4 is 4.74 Å². The van der Waals surface area contributed by atoms with Gasteiger partial charge < -0.3 is 4.74 Å². The fraction of sp³-hybridized carbons (Fsp3) is 0.188. The second-order valence-corrected chi connectivity index (χ2v) is 4.32. The van der Waals surface area contributed by atoms with Crippen molar-refractivity contribution in [3.8, 4) is 5.75 Å². The Kier molecular flexibility index (Phi) is 4.29. The molecule has 0 atom stereocenters. The van der Waals surface area contributed by atoms with E-state index in [1.807, 2.05) is 31.2 Å². The molecule has 0 radical (unpaired) electrons. The van der Waals surface area contributed by atoms with E-state index in [1.165, 1.54) is 12.1 Å². The van der Waals surface area contributed by atoms with Crippen LogP contribution in [0.4, 0.5) is 4.39 Å². The summed E-state index contributed by atoms with van der Waals surface area (Å²) < 4.78 is 18.9. The zero-order valence-corrected chi connectivity index (χ0v) is 10.7. The quantitative estimate of drug-likeness (QED) is 0.763. The summed E-state index contributed by atoms with van der Waals surface area (Å²) in [5.74, 6) is -0.00450. The van der Waals surface area contributed by atoms with Crippen molar-refractivity contribution in [1.82, 2.24) is 0 Å². The zero-order chi connectivity index (χ0) is 13.7. The van der Waals surface area contributed by atoms with E-state index in [2.05, 4.69) is 0 Å². The van der Waals surface area contributed by atoms with Gasteiger partial charge in [-0.25, -0.2) is 4.39 Å². The minimum atomic E-state index is -0.483. The number of hydrogen-bond donors (Lipinski definition) is 0. The van der Waals surface area contributed by atoms with Crippen molar-refractivity contribution in [2.24, 2.45) is 0 Å².